The molecule has 1 N–H and O–H groups in total. The first-order chi connectivity index (χ1) is 14.5. The van der Waals surface area contributed by atoms with Crippen molar-refractivity contribution in [3.05, 3.63) is 80.9 Å². The number of rotatable bonds is 9. The Bertz CT molecular complexity index is 1120. The number of carbonyl (C=O) groups is 1. The predicted octanol–water partition coefficient (Wildman–Crippen LogP) is 2.14. The summed E-state index contributed by atoms with van der Waals surface area (Å²) in [4.78, 5) is 38.0. The summed E-state index contributed by atoms with van der Waals surface area (Å²) in [5.41, 5.74) is 0.738. The maximum absolute atomic E-state index is 12.8. The highest BCUT2D eigenvalue weighted by atomic mass is 16.5. The van der Waals surface area contributed by atoms with Gasteiger partial charge in [0.25, 0.3) is 0 Å². The van der Waals surface area contributed by atoms with Gasteiger partial charge < -0.3 is 10.1 Å². The molecule has 1 amide bonds. The van der Waals surface area contributed by atoms with Gasteiger partial charge >= 0.3 is 11.1 Å². The van der Waals surface area contributed by atoms with E-state index in [0.717, 1.165) is 5.56 Å². The minimum Gasteiger partial charge on any atom is -0.379 e. The van der Waals surface area contributed by atoms with Crippen molar-refractivity contribution in [1.29, 1.82) is 0 Å². The molecule has 2 aromatic carbocycles. The van der Waals surface area contributed by atoms with Gasteiger partial charge in [0.15, 0.2) is 0 Å². The third-order valence-electron chi connectivity index (χ3n) is 4.72. The van der Waals surface area contributed by atoms with Crippen molar-refractivity contribution in [2.75, 3.05) is 13.2 Å². The lowest BCUT2D eigenvalue weighted by molar-refractivity contribution is -0.121. The number of aromatic nitrogens is 2. The third-order valence-corrected chi connectivity index (χ3v) is 4.72. The van der Waals surface area contributed by atoms with E-state index in [1.807, 2.05) is 50.2 Å². The molecule has 3 rings (SSSR count). The number of hydrogen-bond acceptors (Lipinski definition) is 4. The molecule has 0 unspecified atom stereocenters. The van der Waals surface area contributed by atoms with E-state index in [1.165, 1.54) is 9.13 Å². The zero-order valence-corrected chi connectivity index (χ0v) is 17.3. The van der Waals surface area contributed by atoms with Crippen LogP contribution in [0.1, 0.15) is 25.8 Å². The monoisotopic (exact) mass is 409 g/mol. The Morgan fingerprint density at radius 1 is 0.933 bits per heavy atom. The van der Waals surface area contributed by atoms with Crippen LogP contribution in [-0.2, 0) is 22.6 Å². The Morgan fingerprint density at radius 2 is 1.53 bits per heavy atom. The summed E-state index contributed by atoms with van der Waals surface area (Å²) in [6.07, 6.45) is 0.825. The SMILES string of the molecule is CC(C)OCCCNC(=O)Cn1c(=O)c(=O)n(Cc2ccccc2)c2ccccc21. The summed E-state index contributed by atoms with van der Waals surface area (Å²) in [7, 11) is 0. The standard InChI is InChI=1S/C23H27N3O4/c1-17(2)30-14-8-13-24-21(27)16-26-20-12-7-6-11-19(20)25(22(28)23(26)29)15-18-9-4-3-5-10-18/h3-7,9-12,17H,8,13-16H2,1-2H3,(H,24,27). The fourth-order valence-electron chi connectivity index (χ4n) is 3.27. The number of nitrogens with one attached hydrogen (secondary N) is 1. The average molecular weight is 409 g/mol. The molecule has 0 spiro atoms. The highest BCUT2D eigenvalue weighted by Gasteiger charge is 2.15. The van der Waals surface area contributed by atoms with Crippen LogP contribution in [0.3, 0.4) is 0 Å². The second-order valence-corrected chi connectivity index (χ2v) is 7.38. The van der Waals surface area contributed by atoms with E-state index in [4.69, 9.17) is 4.74 Å². The van der Waals surface area contributed by atoms with Crippen molar-refractivity contribution >= 4 is 16.9 Å². The van der Waals surface area contributed by atoms with Crippen LogP contribution < -0.4 is 16.4 Å². The quantitative estimate of drug-likeness (QED) is 0.434. The first kappa shape index (κ1) is 21.5. The summed E-state index contributed by atoms with van der Waals surface area (Å²) >= 11 is 0. The molecule has 0 radical (unpaired) electrons. The maximum Gasteiger partial charge on any atom is 0.317 e. The number of para-hydroxylation sites is 2. The van der Waals surface area contributed by atoms with Crippen molar-refractivity contribution in [1.82, 2.24) is 14.5 Å². The molecule has 158 valence electrons. The van der Waals surface area contributed by atoms with Gasteiger partial charge in [-0.25, -0.2) is 0 Å². The minimum atomic E-state index is -0.706. The summed E-state index contributed by atoms with van der Waals surface area (Å²) < 4.78 is 8.16. The van der Waals surface area contributed by atoms with Gasteiger partial charge in [-0.1, -0.05) is 42.5 Å². The van der Waals surface area contributed by atoms with Crippen LogP contribution in [0.2, 0.25) is 0 Å². The summed E-state index contributed by atoms with van der Waals surface area (Å²) in [5, 5.41) is 2.78. The van der Waals surface area contributed by atoms with Gasteiger partial charge in [-0.15, -0.1) is 0 Å². The summed E-state index contributed by atoms with van der Waals surface area (Å²) in [5.74, 6) is -0.313. The van der Waals surface area contributed by atoms with Gasteiger partial charge in [0.1, 0.15) is 6.54 Å². The Kier molecular flexibility index (Phi) is 7.19. The van der Waals surface area contributed by atoms with Gasteiger partial charge in [-0.3, -0.25) is 23.5 Å². The van der Waals surface area contributed by atoms with Gasteiger partial charge in [0, 0.05) is 13.2 Å². The molecule has 1 heterocycles. The number of nitrogens with zero attached hydrogens (tertiary/aromatic N) is 2. The van der Waals surface area contributed by atoms with Gasteiger partial charge in [0.2, 0.25) is 5.91 Å². The third kappa shape index (κ3) is 5.24. The van der Waals surface area contributed by atoms with E-state index >= 15 is 0 Å². The number of hydrogen-bond donors (Lipinski definition) is 1. The number of amides is 1. The molecule has 0 fully saturated rings. The molecule has 7 heteroatoms. The molecule has 7 nitrogen and oxygen atoms in total. The molecule has 30 heavy (non-hydrogen) atoms. The fourth-order valence-corrected chi connectivity index (χ4v) is 3.27. The molecular formula is C23H27N3O4. The summed E-state index contributed by atoms with van der Waals surface area (Å²) in [6, 6.07) is 16.6. The van der Waals surface area contributed by atoms with Crippen LogP contribution in [0.15, 0.2) is 64.2 Å². The van der Waals surface area contributed by atoms with Crippen LogP contribution in [0.5, 0.6) is 0 Å². The largest absolute Gasteiger partial charge is 0.379 e. The number of ether oxygens (including phenoxy) is 1. The molecule has 0 bridgehead atoms. The lowest BCUT2D eigenvalue weighted by Crippen LogP contribution is -2.44. The van der Waals surface area contributed by atoms with E-state index in [2.05, 4.69) is 5.32 Å². The van der Waals surface area contributed by atoms with E-state index in [9.17, 15) is 14.4 Å². The Morgan fingerprint density at radius 3 is 2.20 bits per heavy atom. The van der Waals surface area contributed by atoms with Crippen LogP contribution in [0.4, 0.5) is 0 Å². The van der Waals surface area contributed by atoms with E-state index in [-0.39, 0.29) is 25.1 Å². The first-order valence-corrected chi connectivity index (χ1v) is 10.1. The smallest absolute Gasteiger partial charge is 0.317 e. The second kappa shape index (κ2) is 10.0. The Hall–Kier alpha value is -3.19. The molecule has 3 aromatic rings. The molecule has 1 aromatic heterocycles. The number of carbonyl (C=O) groups excluding carboxylic acids is 1. The van der Waals surface area contributed by atoms with Gasteiger partial charge in [-0.05, 0) is 38.0 Å². The maximum atomic E-state index is 12.8. The normalized spacial score (nSPS) is 11.2. The minimum absolute atomic E-state index is 0.146. The van der Waals surface area contributed by atoms with E-state index in [1.54, 1.807) is 18.2 Å². The molecule has 0 aliphatic carbocycles. The van der Waals surface area contributed by atoms with Gasteiger partial charge in [-0.2, -0.15) is 0 Å². The predicted molar refractivity (Wildman–Crippen MR) is 117 cm³/mol. The Balaban J connectivity index is 1.83. The van der Waals surface area contributed by atoms with E-state index < -0.39 is 11.1 Å². The second-order valence-electron chi connectivity index (χ2n) is 7.38. The molecular weight excluding hydrogens is 382 g/mol. The molecule has 0 saturated heterocycles. The molecule has 0 saturated carbocycles. The molecule has 0 atom stereocenters. The fraction of sp³-hybridized carbons (Fsp3) is 0.348. The average Bonchev–Trinajstić information content (AvgIpc) is 2.74. The Labute approximate surface area is 174 Å². The van der Waals surface area contributed by atoms with Crippen LogP contribution >= 0.6 is 0 Å². The lowest BCUT2D eigenvalue weighted by atomic mass is 10.2. The van der Waals surface area contributed by atoms with Crippen LogP contribution in [0, 0.1) is 0 Å². The van der Waals surface area contributed by atoms with Crippen molar-refractivity contribution in [3.8, 4) is 0 Å². The first-order valence-electron chi connectivity index (χ1n) is 10.1. The highest BCUT2D eigenvalue weighted by molar-refractivity contribution is 5.80. The van der Waals surface area contributed by atoms with Crippen molar-refractivity contribution < 1.29 is 9.53 Å². The van der Waals surface area contributed by atoms with E-state index in [0.29, 0.717) is 30.6 Å². The van der Waals surface area contributed by atoms with Crippen molar-refractivity contribution in [2.24, 2.45) is 0 Å². The topological polar surface area (TPSA) is 82.3 Å². The lowest BCUT2D eigenvalue weighted by Gasteiger charge is -2.15. The van der Waals surface area contributed by atoms with Crippen molar-refractivity contribution in [3.63, 3.8) is 0 Å². The van der Waals surface area contributed by atoms with Gasteiger partial charge in [0.05, 0.1) is 23.7 Å². The van der Waals surface area contributed by atoms with Crippen LogP contribution in [-0.4, -0.2) is 34.3 Å². The van der Waals surface area contributed by atoms with Crippen molar-refractivity contribution in [2.45, 2.75) is 39.5 Å². The number of fused-ring (bicyclic) bond motifs is 1. The number of benzene rings is 2. The molecule has 0 aliphatic rings. The molecule has 0 aliphatic heterocycles. The highest BCUT2D eigenvalue weighted by Crippen LogP contribution is 2.12. The van der Waals surface area contributed by atoms with Crippen LogP contribution in [0.25, 0.3) is 11.0 Å². The summed E-state index contributed by atoms with van der Waals surface area (Å²) in [6.45, 7) is 5.00. The zero-order chi connectivity index (χ0) is 21.5. The zero-order valence-electron chi connectivity index (χ0n) is 17.3.